The Morgan fingerprint density at radius 3 is 2.63 bits per heavy atom. The summed E-state index contributed by atoms with van der Waals surface area (Å²) in [5, 5.41) is 15.0. The number of hydrogen-bond acceptors (Lipinski definition) is 3. The van der Waals surface area contributed by atoms with Crippen molar-refractivity contribution in [2.45, 2.75) is 44.8 Å². The molecule has 2 aromatic rings. The van der Waals surface area contributed by atoms with Crippen molar-refractivity contribution in [3.05, 3.63) is 69.2 Å². The summed E-state index contributed by atoms with van der Waals surface area (Å²) in [6.07, 6.45) is 1.54. The summed E-state index contributed by atoms with van der Waals surface area (Å²) in [5.41, 5.74) is 0.296. The summed E-state index contributed by atoms with van der Waals surface area (Å²) in [4.78, 5) is 12.1. The summed E-state index contributed by atoms with van der Waals surface area (Å²) in [7, 11) is 0. The van der Waals surface area contributed by atoms with Crippen LogP contribution in [-0.4, -0.2) is 23.8 Å². The number of benzene rings is 2. The maximum Gasteiger partial charge on any atom is 0.407 e. The van der Waals surface area contributed by atoms with Gasteiger partial charge < -0.3 is 15.2 Å². The molecule has 146 valence electrons. The molecule has 0 heterocycles. The number of halogens is 2. The van der Waals surface area contributed by atoms with E-state index in [1.165, 1.54) is 0 Å². The van der Waals surface area contributed by atoms with Gasteiger partial charge in [-0.3, -0.25) is 0 Å². The number of rotatable bonds is 8. The highest BCUT2D eigenvalue weighted by atomic mass is 79.9. The topological polar surface area (TPSA) is 58.6 Å². The Bertz CT molecular complexity index is 753. The van der Waals surface area contributed by atoms with Gasteiger partial charge >= 0.3 is 6.09 Å². The van der Waals surface area contributed by atoms with Crippen LogP contribution in [0, 0.1) is 0 Å². The first-order valence-corrected chi connectivity index (χ1v) is 10.2. The Morgan fingerprint density at radius 1 is 1.30 bits per heavy atom. The highest BCUT2D eigenvalue weighted by molar-refractivity contribution is 9.10. The van der Waals surface area contributed by atoms with E-state index in [0.717, 1.165) is 22.9 Å². The minimum absolute atomic E-state index is 0.316. The summed E-state index contributed by atoms with van der Waals surface area (Å²) in [5.74, 6) is 0. The second-order valence-electron chi connectivity index (χ2n) is 6.59. The quantitative estimate of drug-likeness (QED) is 0.522. The Morgan fingerprint density at radius 2 is 2.00 bits per heavy atom. The number of nitrogens with one attached hydrogen (secondary N) is 1. The lowest BCUT2D eigenvalue weighted by atomic mass is 9.82. The molecule has 2 N–H and O–H groups in total. The smallest absolute Gasteiger partial charge is 0.407 e. The monoisotopic (exact) mass is 453 g/mol. The van der Waals surface area contributed by atoms with Gasteiger partial charge in [-0.15, -0.1) is 0 Å². The maximum absolute atomic E-state index is 12.1. The summed E-state index contributed by atoms with van der Waals surface area (Å²) < 4.78 is 6.04. The zero-order valence-corrected chi connectivity index (χ0v) is 17.9. The molecular weight excluding hydrogens is 430 g/mol. The predicted molar refractivity (Wildman–Crippen MR) is 112 cm³/mol. The van der Waals surface area contributed by atoms with Crippen LogP contribution in [0.4, 0.5) is 4.79 Å². The molecule has 0 saturated heterocycles. The molecule has 0 aromatic heterocycles. The van der Waals surface area contributed by atoms with Gasteiger partial charge in [0.25, 0.3) is 0 Å². The third kappa shape index (κ3) is 6.23. The second-order valence-corrected chi connectivity index (χ2v) is 7.95. The van der Waals surface area contributed by atoms with Gasteiger partial charge in [-0.1, -0.05) is 65.1 Å². The fourth-order valence-corrected chi connectivity index (χ4v) is 3.35. The molecule has 2 rings (SSSR count). The number of aliphatic hydroxyl groups is 1. The van der Waals surface area contributed by atoms with Crippen molar-refractivity contribution in [3.63, 3.8) is 0 Å². The lowest BCUT2D eigenvalue weighted by Gasteiger charge is -2.35. The molecule has 0 aliphatic heterocycles. The van der Waals surface area contributed by atoms with Gasteiger partial charge in [-0.2, -0.15) is 0 Å². The molecule has 0 spiro atoms. The van der Waals surface area contributed by atoms with Crippen molar-refractivity contribution in [1.82, 2.24) is 5.32 Å². The average molecular weight is 455 g/mol. The normalized spacial score (nSPS) is 14.3. The standard InChI is InChI=1S/C21H25BrClNO3/c1-3-4-12-27-20(25)24-15(2)21(26,17-6-5-7-18(22)13-17)14-16-8-10-19(23)11-9-16/h5-11,13,15,26H,3-4,12,14H2,1-2H3,(H,24,25)/t15-,21?/m0/s1. The number of ether oxygens (including phenoxy) is 1. The Balaban J connectivity index is 2.25. The van der Waals surface area contributed by atoms with Crippen molar-refractivity contribution in [2.75, 3.05) is 6.61 Å². The van der Waals surface area contributed by atoms with Crippen LogP contribution in [-0.2, 0) is 16.8 Å². The minimum atomic E-state index is -1.32. The van der Waals surface area contributed by atoms with E-state index >= 15 is 0 Å². The molecule has 0 aliphatic rings. The van der Waals surface area contributed by atoms with E-state index in [1.54, 1.807) is 19.1 Å². The van der Waals surface area contributed by atoms with Crippen LogP contribution in [0.3, 0.4) is 0 Å². The van der Waals surface area contributed by atoms with Crippen molar-refractivity contribution in [2.24, 2.45) is 0 Å². The van der Waals surface area contributed by atoms with Gasteiger partial charge in [-0.05, 0) is 48.7 Å². The first-order chi connectivity index (χ1) is 12.8. The SMILES string of the molecule is CCCCOC(=O)N[C@@H](C)C(O)(Cc1ccc(Cl)cc1)c1cccc(Br)c1. The van der Waals surface area contributed by atoms with Gasteiger partial charge in [0.15, 0.2) is 0 Å². The van der Waals surface area contributed by atoms with E-state index in [0.29, 0.717) is 23.6 Å². The maximum atomic E-state index is 12.1. The summed E-state index contributed by atoms with van der Waals surface area (Å²) >= 11 is 9.42. The first-order valence-electron chi connectivity index (χ1n) is 9.01. The molecule has 1 unspecified atom stereocenters. The van der Waals surface area contributed by atoms with E-state index < -0.39 is 17.7 Å². The van der Waals surface area contributed by atoms with Crippen molar-refractivity contribution >= 4 is 33.6 Å². The van der Waals surface area contributed by atoms with Crippen LogP contribution in [0.1, 0.15) is 37.8 Å². The third-order valence-electron chi connectivity index (χ3n) is 4.49. The largest absolute Gasteiger partial charge is 0.450 e. The summed E-state index contributed by atoms with van der Waals surface area (Å²) in [6.45, 7) is 4.17. The third-order valence-corrected chi connectivity index (χ3v) is 5.24. The molecule has 4 nitrogen and oxygen atoms in total. The van der Waals surface area contributed by atoms with E-state index in [2.05, 4.69) is 21.2 Å². The van der Waals surface area contributed by atoms with Gasteiger partial charge in [0, 0.05) is 15.9 Å². The van der Waals surface area contributed by atoms with Crippen LogP contribution in [0.5, 0.6) is 0 Å². The lowest BCUT2D eigenvalue weighted by molar-refractivity contribution is 0.00173. The zero-order valence-electron chi connectivity index (χ0n) is 15.5. The van der Waals surface area contributed by atoms with Crippen LogP contribution in [0.25, 0.3) is 0 Å². The highest BCUT2D eigenvalue weighted by Gasteiger charge is 2.37. The Labute approximate surface area is 174 Å². The van der Waals surface area contributed by atoms with Gasteiger partial charge in [0.2, 0.25) is 0 Å². The van der Waals surface area contributed by atoms with E-state index in [-0.39, 0.29) is 0 Å². The number of carbonyl (C=O) groups is 1. The molecule has 6 heteroatoms. The lowest BCUT2D eigenvalue weighted by Crippen LogP contribution is -2.50. The average Bonchev–Trinajstić information content (AvgIpc) is 2.63. The molecule has 1 amide bonds. The molecule has 2 atom stereocenters. The van der Waals surface area contributed by atoms with E-state index in [9.17, 15) is 9.90 Å². The number of amides is 1. The highest BCUT2D eigenvalue weighted by Crippen LogP contribution is 2.31. The zero-order chi connectivity index (χ0) is 19.9. The number of hydrogen-bond donors (Lipinski definition) is 2. The molecule has 0 radical (unpaired) electrons. The molecule has 2 aromatic carbocycles. The van der Waals surface area contributed by atoms with Crippen molar-refractivity contribution in [1.29, 1.82) is 0 Å². The van der Waals surface area contributed by atoms with Gasteiger partial charge in [0.05, 0.1) is 12.6 Å². The Kier molecular flexibility index (Phi) is 8.14. The van der Waals surface area contributed by atoms with Crippen LogP contribution in [0.15, 0.2) is 53.0 Å². The number of alkyl carbamates (subject to hydrolysis) is 1. The first kappa shape index (κ1) is 21.7. The van der Waals surface area contributed by atoms with E-state index in [4.69, 9.17) is 16.3 Å². The summed E-state index contributed by atoms with van der Waals surface area (Å²) in [6, 6.07) is 14.2. The van der Waals surface area contributed by atoms with Crippen LogP contribution >= 0.6 is 27.5 Å². The molecule has 0 bridgehead atoms. The molecule has 0 aliphatic carbocycles. The van der Waals surface area contributed by atoms with Crippen molar-refractivity contribution < 1.29 is 14.6 Å². The van der Waals surface area contributed by atoms with Gasteiger partial charge in [-0.25, -0.2) is 4.79 Å². The minimum Gasteiger partial charge on any atom is -0.450 e. The molecular formula is C21H25BrClNO3. The molecule has 27 heavy (non-hydrogen) atoms. The second kappa shape index (κ2) is 10.1. The number of carbonyl (C=O) groups excluding carboxylic acids is 1. The van der Waals surface area contributed by atoms with Gasteiger partial charge in [0.1, 0.15) is 5.60 Å². The van der Waals surface area contributed by atoms with Crippen molar-refractivity contribution in [3.8, 4) is 0 Å². The molecule has 0 saturated carbocycles. The fourth-order valence-electron chi connectivity index (χ4n) is 2.82. The number of unbranched alkanes of at least 4 members (excludes halogenated alkanes) is 1. The van der Waals surface area contributed by atoms with Crippen LogP contribution < -0.4 is 5.32 Å². The van der Waals surface area contributed by atoms with Crippen LogP contribution in [0.2, 0.25) is 5.02 Å². The predicted octanol–water partition coefficient (Wildman–Crippen LogP) is 5.45. The Hall–Kier alpha value is -1.56. The fraction of sp³-hybridized carbons (Fsp3) is 0.381. The van der Waals surface area contributed by atoms with E-state index in [1.807, 2.05) is 43.3 Å². The molecule has 0 fully saturated rings.